The predicted octanol–water partition coefficient (Wildman–Crippen LogP) is 8.13. The number of carbonyl (C=O) groups is 2. The summed E-state index contributed by atoms with van der Waals surface area (Å²) in [6, 6.07) is 21.2. The van der Waals surface area contributed by atoms with Crippen molar-refractivity contribution in [3.05, 3.63) is 113 Å². The SMILES string of the molecule is Cc1ccc(NC(=O)c2cccc(C(F)(F)F)c2)cc1-c1cc(C(C)C)c2nc(Nc3cccc(C(=O)N4CCN(C)CC4)c3)ncc2c1. The number of hydrogen-bond acceptors (Lipinski definition) is 6. The number of fused-ring (bicyclic) bond motifs is 1. The third kappa shape index (κ3) is 7.57. The van der Waals surface area contributed by atoms with Crippen LogP contribution in [0.1, 0.15) is 57.2 Å². The first kappa shape index (κ1) is 33.6. The number of rotatable bonds is 7. The molecule has 4 aromatic carbocycles. The maximum absolute atomic E-state index is 13.2. The van der Waals surface area contributed by atoms with Gasteiger partial charge in [-0.2, -0.15) is 13.2 Å². The molecule has 1 aliphatic heterocycles. The Bertz CT molecular complexity index is 2040. The summed E-state index contributed by atoms with van der Waals surface area (Å²) in [5.41, 5.74) is 5.29. The Balaban J connectivity index is 1.26. The molecule has 2 heterocycles. The molecule has 1 aromatic heterocycles. The van der Waals surface area contributed by atoms with Crippen LogP contribution in [0.4, 0.5) is 30.5 Å². The maximum atomic E-state index is 13.2. The van der Waals surface area contributed by atoms with Crippen LogP contribution in [0, 0.1) is 6.92 Å². The quantitative estimate of drug-likeness (QED) is 0.182. The molecule has 1 fully saturated rings. The standard InChI is InChI=1S/C38H37F3N6O2/c1-23(2)32-20-27(33-21-31(12-11-24(33)3)43-35(48)25-7-5-9-29(18-25)38(39,40)41)17-28-22-42-37(45-34(28)32)44-30-10-6-8-26(19-30)36(49)47-15-13-46(4)14-16-47/h5-12,17-23H,13-16H2,1-4H3,(H,43,48)(H,42,44,45). The van der Waals surface area contributed by atoms with Gasteiger partial charge in [0.15, 0.2) is 0 Å². The second kappa shape index (κ2) is 13.7. The molecule has 252 valence electrons. The molecule has 49 heavy (non-hydrogen) atoms. The van der Waals surface area contributed by atoms with Crippen LogP contribution in [0.15, 0.2) is 85.1 Å². The van der Waals surface area contributed by atoms with Gasteiger partial charge in [-0.3, -0.25) is 9.59 Å². The Kier molecular flexibility index (Phi) is 9.38. The second-order valence-electron chi connectivity index (χ2n) is 12.7. The second-order valence-corrected chi connectivity index (χ2v) is 12.7. The lowest BCUT2D eigenvalue weighted by Gasteiger charge is -2.32. The van der Waals surface area contributed by atoms with E-state index >= 15 is 0 Å². The number of anilines is 3. The van der Waals surface area contributed by atoms with Crippen molar-refractivity contribution in [1.29, 1.82) is 0 Å². The van der Waals surface area contributed by atoms with Crippen LogP contribution < -0.4 is 10.6 Å². The molecule has 2 N–H and O–H groups in total. The molecule has 0 unspecified atom stereocenters. The van der Waals surface area contributed by atoms with E-state index in [-0.39, 0.29) is 17.4 Å². The molecule has 1 aliphatic rings. The first-order valence-corrected chi connectivity index (χ1v) is 16.1. The third-order valence-electron chi connectivity index (χ3n) is 8.75. The Hall–Kier alpha value is -5.29. The summed E-state index contributed by atoms with van der Waals surface area (Å²) < 4.78 is 39.6. The van der Waals surface area contributed by atoms with E-state index in [0.717, 1.165) is 58.4 Å². The smallest absolute Gasteiger partial charge is 0.336 e. The van der Waals surface area contributed by atoms with E-state index in [1.807, 2.05) is 54.3 Å². The lowest BCUT2D eigenvalue weighted by molar-refractivity contribution is -0.137. The zero-order chi connectivity index (χ0) is 34.9. The Morgan fingerprint density at radius 3 is 2.33 bits per heavy atom. The molecule has 0 atom stereocenters. The molecule has 0 spiro atoms. The minimum Gasteiger partial charge on any atom is -0.336 e. The van der Waals surface area contributed by atoms with E-state index in [0.29, 0.717) is 36.0 Å². The average Bonchev–Trinajstić information content (AvgIpc) is 3.08. The number of carbonyl (C=O) groups excluding carboxylic acids is 2. The summed E-state index contributed by atoms with van der Waals surface area (Å²) in [5, 5.41) is 6.84. The van der Waals surface area contributed by atoms with Crippen LogP contribution in [0.2, 0.25) is 0 Å². The molecular formula is C38H37F3N6O2. The first-order chi connectivity index (χ1) is 23.4. The van der Waals surface area contributed by atoms with Gasteiger partial charge in [0, 0.05) is 60.3 Å². The summed E-state index contributed by atoms with van der Waals surface area (Å²) in [4.78, 5) is 39.6. The summed E-state index contributed by atoms with van der Waals surface area (Å²) in [6.45, 7) is 9.20. The molecule has 0 radical (unpaired) electrons. The maximum Gasteiger partial charge on any atom is 0.416 e. The molecule has 6 rings (SSSR count). The normalized spacial score (nSPS) is 13.9. The topological polar surface area (TPSA) is 90.5 Å². The van der Waals surface area contributed by atoms with Crippen molar-refractivity contribution >= 4 is 40.0 Å². The average molecular weight is 667 g/mol. The molecular weight excluding hydrogens is 629 g/mol. The van der Waals surface area contributed by atoms with Gasteiger partial charge in [0.25, 0.3) is 11.8 Å². The van der Waals surface area contributed by atoms with E-state index in [4.69, 9.17) is 4.98 Å². The number of alkyl halides is 3. The van der Waals surface area contributed by atoms with E-state index in [9.17, 15) is 22.8 Å². The summed E-state index contributed by atoms with van der Waals surface area (Å²) in [7, 11) is 2.05. The van der Waals surface area contributed by atoms with Crippen LogP contribution in [0.25, 0.3) is 22.0 Å². The summed E-state index contributed by atoms with van der Waals surface area (Å²) >= 11 is 0. The number of aromatic nitrogens is 2. The number of aryl methyl sites for hydroxylation is 1. The highest BCUT2D eigenvalue weighted by Crippen LogP contribution is 2.35. The Morgan fingerprint density at radius 2 is 1.59 bits per heavy atom. The van der Waals surface area contributed by atoms with Gasteiger partial charge < -0.3 is 20.4 Å². The van der Waals surface area contributed by atoms with Crippen molar-refractivity contribution in [1.82, 2.24) is 19.8 Å². The van der Waals surface area contributed by atoms with Gasteiger partial charge >= 0.3 is 6.18 Å². The van der Waals surface area contributed by atoms with Gasteiger partial charge in [-0.15, -0.1) is 0 Å². The number of nitrogens with zero attached hydrogens (tertiary/aromatic N) is 4. The van der Waals surface area contributed by atoms with Gasteiger partial charge in [-0.1, -0.05) is 32.0 Å². The number of hydrogen-bond donors (Lipinski definition) is 2. The van der Waals surface area contributed by atoms with Crippen LogP contribution in [-0.4, -0.2) is 64.8 Å². The highest BCUT2D eigenvalue weighted by Gasteiger charge is 2.31. The number of likely N-dealkylation sites (N-methyl/N-ethyl adjacent to an activating group) is 1. The fourth-order valence-electron chi connectivity index (χ4n) is 5.93. The van der Waals surface area contributed by atoms with Gasteiger partial charge in [0.05, 0.1) is 11.1 Å². The van der Waals surface area contributed by atoms with Crippen molar-refractivity contribution in [3.8, 4) is 11.1 Å². The van der Waals surface area contributed by atoms with Crippen LogP contribution in [-0.2, 0) is 6.18 Å². The Morgan fingerprint density at radius 1 is 0.857 bits per heavy atom. The minimum atomic E-state index is -4.55. The molecule has 0 bridgehead atoms. The highest BCUT2D eigenvalue weighted by molar-refractivity contribution is 6.05. The van der Waals surface area contributed by atoms with Gasteiger partial charge in [0.1, 0.15) is 0 Å². The number of benzene rings is 4. The molecule has 0 aliphatic carbocycles. The molecule has 8 nitrogen and oxygen atoms in total. The lowest BCUT2D eigenvalue weighted by Crippen LogP contribution is -2.47. The molecule has 11 heteroatoms. The number of amides is 2. The van der Waals surface area contributed by atoms with Crippen LogP contribution in [0.5, 0.6) is 0 Å². The van der Waals surface area contributed by atoms with Crippen molar-refractivity contribution in [2.24, 2.45) is 0 Å². The number of halogens is 3. The van der Waals surface area contributed by atoms with E-state index in [1.165, 1.54) is 12.1 Å². The lowest BCUT2D eigenvalue weighted by atomic mass is 9.92. The van der Waals surface area contributed by atoms with Gasteiger partial charge in [-0.25, -0.2) is 9.97 Å². The van der Waals surface area contributed by atoms with Gasteiger partial charge in [-0.05, 0) is 103 Å². The van der Waals surface area contributed by atoms with Crippen LogP contribution in [0.3, 0.4) is 0 Å². The summed E-state index contributed by atoms with van der Waals surface area (Å²) in [6.07, 6.45) is -2.79. The van der Waals surface area contributed by atoms with Crippen LogP contribution >= 0.6 is 0 Å². The minimum absolute atomic E-state index is 0.000361. The largest absolute Gasteiger partial charge is 0.416 e. The van der Waals surface area contributed by atoms with E-state index in [1.54, 1.807) is 12.3 Å². The Labute approximate surface area is 283 Å². The van der Waals surface area contributed by atoms with E-state index in [2.05, 4.69) is 47.5 Å². The fraction of sp³-hybridized carbons (Fsp3) is 0.263. The van der Waals surface area contributed by atoms with Crippen molar-refractivity contribution in [3.63, 3.8) is 0 Å². The zero-order valence-corrected chi connectivity index (χ0v) is 27.7. The molecule has 5 aromatic rings. The predicted molar refractivity (Wildman–Crippen MR) is 186 cm³/mol. The summed E-state index contributed by atoms with van der Waals surface area (Å²) in [5.74, 6) is -0.119. The number of nitrogens with one attached hydrogen (secondary N) is 2. The highest BCUT2D eigenvalue weighted by atomic mass is 19.4. The van der Waals surface area contributed by atoms with E-state index < -0.39 is 17.6 Å². The zero-order valence-electron chi connectivity index (χ0n) is 27.7. The third-order valence-corrected chi connectivity index (χ3v) is 8.75. The van der Waals surface area contributed by atoms with Gasteiger partial charge in [0.2, 0.25) is 5.95 Å². The number of piperazine rings is 1. The van der Waals surface area contributed by atoms with Crippen molar-refractivity contribution in [2.75, 3.05) is 43.9 Å². The molecule has 2 amide bonds. The molecule has 1 saturated heterocycles. The monoisotopic (exact) mass is 666 g/mol. The fourth-order valence-corrected chi connectivity index (χ4v) is 5.93. The van der Waals surface area contributed by atoms with Crippen molar-refractivity contribution < 1.29 is 22.8 Å². The molecule has 0 saturated carbocycles. The first-order valence-electron chi connectivity index (χ1n) is 16.1. The van der Waals surface area contributed by atoms with Crippen molar-refractivity contribution in [2.45, 2.75) is 32.9 Å².